The van der Waals surface area contributed by atoms with Crippen LogP contribution in [0.4, 0.5) is 0 Å². The molecule has 0 N–H and O–H groups in total. The number of hydrogen-bond donors (Lipinski definition) is 0. The van der Waals surface area contributed by atoms with Gasteiger partial charge in [-0.2, -0.15) is 0 Å². The second kappa shape index (κ2) is 4.77. The molecule has 1 aliphatic rings. The predicted molar refractivity (Wildman–Crippen MR) is 81.4 cm³/mol. The fourth-order valence-electron chi connectivity index (χ4n) is 2.31. The van der Waals surface area contributed by atoms with E-state index in [0.29, 0.717) is 17.8 Å². The number of hydrogen-bond acceptors (Lipinski definition) is 2. The van der Waals surface area contributed by atoms with Crippen LogP contribution in [0, 0.1) is 0 Å². The first-order valence-corrected chi connectivity index (χ1v) is 6.89. The molecule has 2 heterocycles. The molecule has 0 atom stereocenters. The van der Waals surface area contributed by atoms with Gasteiger partial charge in [0.15, 0.2) is 0 Å². The minimum absolute atomic E-state index is 0.194. The molecule has 20 heavy (non-hydrogen) atoms. The van der Waals surface area contributed by atoms with E-state index >= 15 is 0 Å². The van der Waals surface area contributed by atoms with Crippen LogP contribution in [-0.4, -0.2) is 31.5 Å². The molecule has 0 saturated heterocycles. The summed E-state index contributed by atoms with van der Waals surface area (Å²) in [5.74, 6) is -0.194. The fourth-order valence-corrected chi connectivity index (χ4v) is 2.58. The maximum Gasteiger partial charge on any atom is 0.255 e. The summed E-state index contributed by atoms with van der Waals surface area (Å²) >= 11 is 3.38. The number of carbonyl (C=O) groups is 1. The zero-order chi connectivity index (χ0) is 14.3. The summed E-state index contributed by atoms with van der Waals surface area (Å²) in [5, 5.41) is -1.37. The van der Waals surface area contributed by atoms with E-state index in [-0.39, 0.29) is 5.91 Å². The number of benzene rings is 1. The minimum Gasteiger partial charge on any atom is -0.340 e. The van der Waals surface area contributed by atoms with E-state index in [1.54, 1.807) is 18.3 Å². The lowest BCUT2D eigenvalue weighted by Gasteiger charge is -2.33. The maximum atomic E-state index is 12.4. The number of nitrogens with zero attached hydrogens (tertiary/aromatic N) is 2. The Bertz CT molecular complexity index is 673. The summed E-state index contributed by atoms with van der Waals surface area (Å²) in [7, 11) is 12.2. The van der Waals surface area contributed by atoms with Gasteiger partial charge in [-0.1, -0.05) is 28.1 Å². The van der Waals surface area contributed by atoms with E-state index in [1.807, 2.05) is 24.3 Å². The lowest BCUT2D eigenvalue weighted by Crippen LogP contribution is -2.44. The molecule has 6 heteroatoms. The Morgan fingerprint density at radius 2 is 1.90 bits per heavy atom. The van der Waals surface area contributed by atoms with Gasteiger partial charge < -0.3 is 4.90 Å². The number of halogens is 1. The lowest BCUT2D eigenvalue weighted by atomic mass is 9.59. The first kappa shape index (κ1) is 13.4. The summed E-state index contributed by atoms with van der Waals surface area (Å²) in [4.78, 5) is 18.0. The van der Waals surface area contributed by atoms with Crippen LogP contribution in [0.5, 0.6) is 0 Å². The monoisotopic (exact) mass is 322 g/mol. The van der Waals surface area contributed by atoms with Crippen LogP contribution in [0.1, 0.15) is 21.6 Å². The van der Waals surface area contributed by atoms with Crippen molar-refractivity contribution in [3.05, 3.63) is 63.9 Å². The smallest absolute Gasteiger partial charge is 0.255 e. The lowest BCUT2D eigenvalue weighted by molar-refractivity contribution is 0.0731. The molecule has 0 bridgehead atoms. The molecule has 0 unspecified atom stereocenters. The maximum absolute atomic E-state index is 12.4. The molecule has 0 spiro atoms. The first-order valence-electron chi connectivity index (χ1n) is 6.10. The van der Waals surface area contributed by atoms with E-state index in [2.05, 4.69) is 20.9 Å². The van der Waals surface area contributed by atoms with Crippen LogP contribution in [0.15, 0.2) is 47.1 Å². The highest BCUT2D eigenvalue weighted by Gasteiger charge is 2.42. The minimum atomic E-state index is -1.37. The molecule has 2 aromatic rings. The van der Waals surface area contributed by atoms with E-state index in [1.165, 1.54) is 4.90 Å². The highest BCUT2D eigenvalue weighted by Crippen LogP contribution is 2.34. The summed E-state index contributed by atoms with van der Waals surface area (Å²) in [6.45, 7) is 0.343. The molecule has 0 aliphatic carbocycles. The second-order valence-electron chi connectivity index (χ2n) is 4.74. The van der Waals surface area contributed by atoms with Gasteiger partial charge in [-0.05, 0) is 29.8 Å². The Morgan fingerprint density at radius 3 is 2.55 bits per heavy atom. The van der Waals surface area contributed by atoms with Gasteiger partial charge in [0.2, 0.25) is 0 Å². The Balaban J connectivity index is 1.96. The van der Waals surface area contributed by atoms with Crippen molar-refractivity contribution >= 4 is 37.5 Å². The fraction of sp³-hybridized carbons (Fsp3) is 0.143. The third-order valence-corrected chi connectivity index (χ3v) is 3.89. The number of amides is 1. The second-order valence-corrected chi connectivity index (χ2v) is 5.66. The summed E-state index contributed by atoms with van der Waals surface area (Å²) in [6, 6.07) is 11.1. The normalized spacial score (nSPS) is 16.2. The van der Waals surface area contributed by atoms with E-state index in [0.717, 1.165) is 10.0 Å². The highest BCUT2D eigenvalue weighted by molar-refractivity contribution is 9.10. The number of aromatic nitrogens is 1. The first-order chi connectivity index (χ1) is 9.50. The molecule has 0 saturated carbocycles. The van der Waals surface area contributed by atoms with Crippen LogP contribution in [0.2, 0.25) is 0 Å². The van der Waals surface area contributed by atoms with Crippen molar-refractivity contribution in [1.29, 1.82) is 0 Å². The summed E-state index contributed by atoms with van der Waals surface area (Å²) in [6.07, 6.45) is 1.59. The third kappa shape index (κ3) is 2.08. The molecular formula is C14H9B2BrN2O. The topological polar surface area (TPSA) is 33.2 Å². The zero-order valence-electron chi connectivity index (χ0n) is 10.6. The van der Waals surface area contributed by atoms with Crippen LogP contribution >= 0.6 is 15.9 Å². The van der Waals surface area contributed by atoms with Crippen LogP contribution in [-0.2, 0) is 11.9 Å². The van der Waals surface area contributed by atoms with Crippen molar-refractivity contribution in [3.8, 4) is 0 Å². The average Bonchev–Trinajstić information content (AvgIpc) is 2.63. The Labute approximate surface area is 128 Å². The molecule has 1 aromatic carbocycles. The number of pyridine rings is 1. The average molecular weight is 323 g/mol. The van der Waals surface area contributed by atoms with Gasteiger partial charge in [0, 0.05) is 22.6 Å². The Kier molecular flexibility index (Phi) is 3.21. The van der Waals surface area contributed by atoms with Gasteiger partial charge in [0.1, 0.15) is 0 Å². The third-order valence-electron chi connectivity index (χ3n) is 3.36. The van der Waals surface area contributed by atoms with Gasteiger partial charge in [-0.25, -0.2) is 0 Å². The van der Waals surface area contributed by atoms with Crippen molar-refractivity contribution in [1.82, 2.24) is 9.88 Å². The molecule has 1 aliphatic heterocycles. The standard InChI is InChI=1S/C14H9B2BrN2O/c15-14(16)12-11(2-1-7-18-12)13(20)19(14)8-9-3-5-10(17)6-4-9/h1-7H,8H2. The van der Waals surface area contributed by atoms with Crippen molar-refractivity contribution < 1.29 is 4.79 Å². The van der Waals surface area contributed by atoms with Crippen molar-refractivity contribution in [3.63, 3.8) is 0 Å². The van der Waals surface area contributed by atoms with E-state index in [9.17, 15) is 4.79 Å². The van der Waals surface area contributed by atoms with Gasteiger partial charge >= 0.3 is 0 Å². The zero-order valence-corrected chi connectivity index (χ0v) is 12.2. The molecule has 1 amide bonds. The van der Waals surface area contributed by atoms with Crippen molar-refractivity contribution in [2.24, 2.45) is 0 Å². The molecule has 4 radical (unpaired) electrons. The molecule has 0 fully saturated rings. The quantitative estimate of drug-likeness (QED) is 0.792. The highest BCUT2D eigenvalue weighted by atomic mass is 79.9. The Morgan fingerprint density at radius 1 is 1.20 bits per heavy atom. The summed E-state index contributed by atoms with van der Waals surface area (Å²) in [5.41, 5.74) is 1.84. The molecular weight excluding hydrogens is 314 g/mol. The summed E-state index contributed by atoms with van der Waals surface area (Å²) < 4.78 is 0.978. The number of fused-ring (bicyclic) bond motifs is 1. The van der Waals surface area contributed by atoms with E-state index < -0.39 is 5.34 Å². The molecule has 1 aromatic heterocycles. The van der Waals surface area contributed by atoms with Crippen LogP contribution in [0.3, 0.4) is 0 Å². The number of rotatable bonds is 2. The Hall–Kier alpha value is -1.55. The molecule has 3 nitrogen and oxygen atoms in total. The van der Waals surface area contributed by atoms with Crippen molar-refractivity contribution in [2.45, 2.75) is 11.9 Å². The predicted octanol–water partition coefficient (Wildman–Crippen LogP) is 1.95. The van der Waals surface area contributed by atoms with Crippen LogP contribution in [0.25, 0.3) is 0 Å². The van der Waals surface area contributed by atoms with Gasteiger partial charge in [0.25, 0.3) is 5.91 Å². The molecule has 3 rings (SSSR count). The largest absolute Gasteiger partial charge is 0.340 e. The van der Waals surface area contributed by atoms with Gasteiger partial charge in [-0.15, -0.1) is 0 Å². The van der Waals surface area contributed by atoms with Crippen molar-refractivity contribution in [2.75, 3.05) is 0 Å². The SMILES string of the molecule is [B]C1([B])c2ncccc2C(=O)N1Cc1ccc(Br)cc1. The van der Waals surface area contributed by atoms with Gasteiger partial charge in [-0.3, -0.25) is 9.78 Å². The van der Waals surface area contributed by atoms with E-state index in [4.69, 9.17) is 15.7 Å². The van der Waals surface area contributed by atoms with Gasteiger partial charge in [0.05, 0.1) is 26.9 Å². The molecule has 94 valence electrons. The van der Waals surface area contributed by atoms with Crippen LogP contribution < -0.4 is 0 Å². The number of carbonyl (C=O) groups excluding carboxylic acids is 1.